The average molecular weight is 258 g/mol. The molecule has 0 aliphatic carbocycles. The molecule has 0 aromatic rings. The molecule has 2 aliphatic heterocycles. The van der Waals surface area contributed by atoms with Gasteiger partial charge in [0.05, 0.1) is 6.10 Å². The number of hydrogen-bond donors (Lipinski definition) is 1. The van der Waals surface area contributed by atoms with Gasteiger partial charge in [0, 0.05) is 31.0 Å². The second kappa shape index (κ2) is 5.91. The highest BCUT2D eigenvalue weighted by atomic mass is 32.2. The highest BCUT2D eigenvalue weighted by molar-refractivity contribution is 8.00. The van der Waals surface area contributed by atoms with E-state index in [2.05, 4.69) is 23.6 Å². The molecular weight excluding hydrogens is 232 g/mol. The Morgan fingerprint density at radius 1 is 1.47 bits per heavy atom. The van der Waals surface area contributed by atoms with Crippen molar-refractivity contribution in [3.8, 4) is 0 Å². The maximum Gasteiger partial charge on any atom is 0.0698 e. The summed E-state index contributed by atoms with van der Waals surface area (Å²) in [4.78, 5) is 2.63. The normalized spacial score (nSPS) is 40.4. The molecule has 2 fully saturated rings. The van der Waals surface area contributed by atoms with Crippen molar-refractivity contribution < 1.29 is 4.74 Å². The number of nitrogens with two attached hydrogens (primary N) is 1. The molecule has 2 aliphatic rings. The number of thioether (sulfide) groups is 1. The van der Waals surface area contributed by atoms with Crippen molar-refractivity contribution in [2.45, 2.75) is 49.5 Å². The Morgan fingerprint density at radius 2 is 2.29 bits per heavy atom. The van der Waals surface area contributed by atoms with E-state index in [1.54, 1.807) is 0 Å². The van der Waals surface area contributed by atoms with Gasteiger partial charge in [-0.2, -0.15) is 11.8 Å². The molecule has 0 radical (unpaired) electrons. The van der Waals surface area contributed by atoms with Crippen LogP contribution in [-0.4, -0.2) is 54.3 Å². The lowest BCUT2D eigenvalue weighted by molar-refractivity contribution is -0.0210. The smallest absolute Gasteiger partial charge is 0.0698 e. The monoisotopic (exact) mass is 258 g/mol. The quantitative estimate of drug-likeness (QED) is 0.836. The van der Waals surface area contributed by atoms with E-state index in [-0.39, 0.29) is 5.54 Å². The maximum atomic E-state index is 6.15. The lowest BCUT2D eigenvalue weighted by Crippen LogP contribution is -2.63. The van der Waals surface area contributed by atoms with E-state index < -0.39 is 0 Å². The number of nitrogens with zero attached hydrogens (tertiary/aromatic N) is 1. The third-order valence-electron chi connectivity index (χ3n) is 4.57. The first-order valence-electron chi connectivity index (χ1n) is 6.82. The number of piperidine rings is 1. The fraction of sp³-hybridized carbons (Fsp3) is 1.00. The van der Waals surface area contributed by atoms with Gasteiger partial charge in [-0.3, -0.25) is 4.90 Å². The van der Waals surface area contributed by atoms with Crippen molar-refractivity contribution in [1.29, 1.82) is 0 Å². The zero-order valence-corrected chi connectivity index (χ0v) is 12.0. The molecule has 3 unspecified atom stereocenters. The summed E-state index contributed by atoms with van der Waals surface area (Å²) < 4.78 is 5.55. The summed E-state index contributed by atoms with van der Waals surface area (Å²) in [6, 6.07) is 0. The Bertz CT molecular complexity index is 252. The van der Waals surface area contributed by atoms with Crippen LogP contribution in [0.15, 0.2) is 0 Å². The molecule has 0 bridgehead atoms. The van der Waals surface area contributed by atoms with Crippen molar-refractivity contribution >= 4 is 11.8 Å². The Labute approximate surface area is 109 Å². The van der Waals surface area contributed by atoms with Gasteiger partial charge >= 0.3 is 0 Å². The van der Waals surface area contributed by atoms with E-state index in [0.717, 1.165) is 13.1 Å². The van der Waals surface area contributed by atoms with E-state index in [0.29, 0.717) is 11.4 Å². The molecule has 0 amide bonds. The summed E-state index contributed by atoms with van der Waals surface area (Å²) in [5.41, 5.74) is 6.37. The zero-order valence-electron chi connectivity index (χ0n) is 11.2. The van der Waals surface area contributed by atoms with Crippen LogP contribution in [0.3, 0.4) is 0 Å². The molecule has 3 atom stereocenters. The zero-order chi connectivity index (χ0) is 12.3. The van der Waals surface area contributed by atoms with Gasteiger partial charge in [-0.05, 0) is 38.0 Å². The molecule has 0 aromatic carbocycles. The van der Waals surface area contributed by atoms with E-state index in [1.165, 1.54) is 38.0 Å². The first-order valence-corrected chi connectivity index (χ1v) is 7.87. The largest absolute Gasteiger partial charge is 0.380 e. The lowest BCUT2D eigenvalue weighted by atomic mass is 9.85. The molecule has 0 spiro atoms. The van der Waals surface area contributed by atoms with Crippen molar-refractivity contribution in [2.75, 3.05) is 32.5 Å². The number of likely N-dealkylation sites (tertiary alicyclic amines) is 1. The summed E-state index contributed by atoms with van der Waals surface area (Å²) in [6.07, 6.45) is 5.42. The van der Waals surface area contributed by atoms with Gasteiger partial charge in [-0.15, -0.1) is 0 Å². The Balaban J connectivity index is 2.10. The van der Waals surface area contributed by atoms with Gasteiger partial charge in [0.2, 0.25) is 0 Å². The maximum absolute atomic E-state index is 6.15. The van der Waals surface area contributed by atoms with Gasteiger partial charge < -0.3 is 10.5 Å². The van der Waals surface area contributed by atoms with Crippen LogP contribution in [0, 0.1) is 0 Å². The number of hydrogen-bond acceptors (Lipinski definition) is 4. The predicted molar refractivity (Wildman–Crippen MR) is 74.5 cm³/mol. The third kappa shape index (κ3) is 2.65. The summed E-state index contributed by atoms with van der Waals surface area (Å²) in [5.74, 6) is 1.30. The molecule has 2 rings (SSSR count). The first-order chi connectivity index (χ1) is 8.23. The minimum atomic E-state index is 0.222. The second-order valence-corrected chi connectivity index (χ2v) is 6.82. The van der Waals surface area contributed by atoms with Crippen LogP contribution in [-0.2, 0) is 4.74 Å². The van der Waals surface area contributed by atoms with Crippen molar-refractivity contribution in [1.82, 2.24) is 4.90 Å². The molecule has 3 nitrogen and oxygen atoms in total. The first kappa shape index (κ1) is 13.7. The minimum Gasteiger partial charge on any atom is -0.380 e. The van der Waals surface area contributed by atoms with Crippen LogP contribution in [0.4, 0.5) is 0 Å². The van der Waals surface area contributed by atoms with Gasteiger partial charge in [0.15, 0.2) is 0 Å². The molecule has 2 saturated heterocycles. The summed E-state index contributed by atoms with van der Waals surface area (Å²) in [6.45, 7) is 5.41. The van der Waals surface area contributed by atoms with E-state index >= 15 is 0 Å². The standard InChI is InChI=1S/C13H26N2OS/c1-11-13(10-14,6-4-8-17-11)15-7-3-5-12(9-15)16-2/h11-12H,3-10,14H2,1-2H3. The van der Waals surface area contributed by atoms with Crippen molar-refractivity contribution in [3.05, 3.63) is 0 Å². The summed E-state index contributed by atoms with van der Waals surface area (Å²) in [7, 11) is 1.84. The average Bonchev–Trinajstić information content (AvgIpc) is 2.40. The molecule has 100 valence electrons. The van der Waals surface area contributed by atoms with Crippen LogP contribution < -0.4 is 5.73 Å². The Kier molecular flexibility index (Phi) is 4.75. The fourth-order valence-corrected chi connectivity index (χ4v) is 4.68. The number of rotatable bonds is 3. The SMILES string of the molecule is COC1CCCN(C2(CN)CCCSC2C)C1. The Hall–Kier alpha value is 0.230. The third-order valence-corrected chi connectivity index (χ3v) is 6.04. The topological polar surface area (TPSA) is 38.5 Å². The van der Waals surface area contributed by atoms with E-state index in [9.17, 15) is 0 Å². The highest BCUT2D eigenvalue weighted by Gasteiger charge is 2.44. The molecule has 0 aromatic heterocycles. The lowest BCUT2D eigenvalue weighted by Gasteiger charge is -2.52. The molecule has 0 saturated carbocycles. The van der Waals surface area contributed by atoms with Gasteiger partial charge in [0.1, 0.15) is 0 Å². The molecule has 4 heteroatoms. The minimum absolute atomic E-state index is 0.222. The van der Waals surface area contributed by atoms with Crippen LogP contribution in [0.25, 0.3) is 0 Å². The molecule has 17 heavy (non-hydrogen) atoms. The van der Waals surface area contributed by atoms with Crippen molar-refractivity contribution in [3.63, 3.8) is 0 Å². The second-order valence-electron chi connectivity index (χ2n) is 5.37. The predicted octanol–water partition coefficient (Wildman–Crippen LogP) is 1.71. The number of ether oxygens (including phenoxy) is 1. The van der Waals surface area contributed by atoms with E-state index in [4.69, 9.17) is 10.5 Å². The van der Waals surface area contributed by atoms with Gasteiger partial charge in [0.25, 0.3) is 0 Å². The van der Waals surface area contributed by atoms with Crippen LogP contribution in [0.5, 0.6) is 0 Å². The summed E-state index contributed by atoms with van der Waals surface area (Å²) in [5, 5.41) is 0.650. The van der Waals surface area contributed by atoms with Crippen LogP contribution >= 0.6 is 11.8 Å². The Morgan fingerprint density at radius 3 is 2.94 bits per heavy atom. The molecular formula is C13H26N2OS. The van der Waals surface area contributed by atoms with Crippen molar-refractivity contribution in [2.24, 2.45) is 5.73 Å². The van der Waals surface area contributed by atoms with Gasteiger partial charge in [-0.1, -0.05) is 6.92 Å². The molecule has 2 N–H and O–H groups in total. The van der Waals surface area contributed by atoms with Crippen LogP contribution in [0.2, 0.25) is 0 Å². The fourth-order valence-electron chi connectivity index (χ4n) is 3.34. The molecule has 2 heterocycles. The number of methoxy groups -OCH3 is 1. The highest BCUT2D eigenvalue weighted by Crippen LogP contribution is 2.39. The summed E-state index contributed by atoms with van der Waals surface area (Å²) >= 11 is 2.09. The van der Waals surface area contributed by atoms with E-state index in [1.807, 2.05) is 7.11 Å². The van der Waals surface area contributed by atoms with Crippen LogP contribution in [0.1, 0.15) is 32.6 Å². The van der Waals surface area contributed by atoms with Gasteiger partial charge in [-0.25, -0.2) is 0 Å².